The Hall–Kier alpha value is -1.58. The molecule has 0 fully saturated rings. The molecule has 0 atom stereocenters. The van der Waals surface area contributed by atoms with Crippen molar-refractivity contribution in [1.29, 1.82) is 0 Å². The first kappa shape index (κ1) is 19.7. The average molecular weight is 408 g/mol. The van der Waals surface area contributed by atoms with Crippen molar-refractivity contribution < 1.29 is 37.5 Å². The van der Waals surface area contributed by atoms with Crippen LogP contribution in [0.3, 0.4) is 0 Å². The van der Waals surface area contributed by atoms with Crippen molar-refractivity contribution in [3.8, 4) is 0 Å². The zero-order valence-corrected chi connectivity index (χ0v) is 18.4. The fourth-order valence-corrected chi connectivity index (χ4v) is 3.20. The monoisotopic (exact) mass is 408 g/mol. The predicted molar refractivity (Wildman–Crippen MR) is 101 cm³/mol. The largest absolute Gasteiger partial charge is 0.477 e. The number of aromatic nitrogens is 1. The van der Waals surface area contributed by atoms with Crippen LogP contribution in [0.15, 0.2) is 30.3 Å². The molecule has 25 heavy (non-hydrogen) atoms. The third-order valence-electron chi connectivity index (χ3n) is 5.09. The van der Waals surface area contributed by atoms with Gasteiger partial charge in [0, 0.05) is 44.1 Å². The van der Waals surface area contributed by atoms with Crippen molar-refractivity contribution in [2.45, 2.75) is 34.6 Å². The molecule has 0 aliphatic rings. The number of benzene rings is 2. The van der Waals surface area contributed by atoms with Crippen LogP contribution in [0.1, 0.15) is 38.3 Å². The topological polar surface area (TPSA) is 34.0 Å². The Morgan fingerprint density at radius 3 is 2.08 bits per heavy atom. The Balaban J connectivity index is 0.00000225. The fourth-order valence-electron chi connectivity index (χ4n) is 3.20. The van der Waals surface area contributed by atoms with Gasteiger partial charge in [-0.1, -0.05) is 51.4 Å². The van der Waals surface area contributed by atoms with Gasteiger partial charge in [-0.3, -0.25) is 4.79 Å². The number of nitrogens with zero attached hydrogens (tertiary/aromatic N) is 1. The Labute approximate surface area is 174 Å². The van der Waals surface area contributed by atoms with E-state index in [-0.39, 0.29) is 38.6 Å². The molecule has 127 valence electrons. The van der Waals surface area contributed by atoms with Crippen LogP contribution >= 0.6 is 0 Å². The molecule has 0 aliphatic carbocycles. The van der Waals surface area contributed by atoms with Crippen molar-refractivity contribution in [3.05, 3.63) is 70.9 Å². The van der Waals surface area contributed by atoms with Gasteiger partial charge in [0.2, 0.25) is 5.91 Å². The molecule has 0 saturated carbocycles. The Morgan fingerprint density at radius 2 is 1.48 bits per heavy atom. The summed E-state index contributed by atoms with van der Waals surface area (Å²) in [4.78, 5) is 12.7. The second kappa shape index (κ2) is 7.35. The van der Waals surface area contributed by atoms with Crippen molar-refractivity contribution in [2.24, 2.45) is 0 Å². The zero-order valence-electron chi connectivity index (χ0n) is 15.5. The van der Waals surface area contributed by atoms with Crippen molar-refractivity contribution in [2.75, 3.05) is 5.32 Å². The first-order valence-corrected chi connectivity index (χ1v) is 8.12. The Bertz CT molecular complexity index is 953. The molecule has 0 bridgehead atoms. The quantitative estimate of drug-likeness (QED) is 0.590. The smallest absolute Gasteiger partial charge is 0.216 e. The number of hydrogen-bond donors (Lipinski definition) is 1. The third-order valence-corrected chi connectivity index (χ3v) is 5.09. The van der Waals surface area contributed by atoms with Crippen LogP contribution in [0.4, 0.5) is 5.69 Å². The number of carbonyl (C=O) groups excluding carboxylic acids is 1. The molecule has 0 unspecified atom stereocenters. The van der Waals surface area contributed by atoms with E-state index in [0.717, 1.165) is 22.2 Å². The maximum absolute atomic E-state index is 12.7. The summed E-state index contributed by atoms with van der Waals surface area (Å²) in [5.41, 5.74) is 8.47. The van der Waals surface area contributed by atoms with Crippen LogP contribution in [0.5, 0.6) is 0 Å². The van der Waals surface area contributed by atoms with E-state index < -0.39 is 0 Å². The van der Waals surface area contributed by atoms with E-state index in [1.54, 1.807) is 4.57 Å². The number of rotatable bonds is 2. The molecule has 0 aliphatic heterocycles. The van der Waals surface area contributed by atoms with Crippen LogP contribution in [0.2, 0.25) is 0 Å². The summed E-state index contributed by atoms with van der Waals surface area (Å²) in [5.74, 6) is -0.140. The second-order valence-corrected chi connectivity index (χ2v) is 6.54. The van der Waals surface area contributed by atoms with Gasteiger partial charge in [-0.2, -0.15) is 0 Å². The van der Waals surface area contributed by atoms with Crippen molar-refractivity contribution >= 4 is 22.5 Å². The first-order valence-electron chi connectivity index (χ1n) is 8.12. The van der Waals surface area contributed by atoms with Crippen LogP contribution in [0.25, 0.3) is 10.9 Å². The normalized spacial score (nSPS) is 10.6. The number of aryl methyl sites for hydroxylation is 3. The molecule has 3 rings (SSSR count). The minimum Gasteiger partial charge on any atom is -0.477 e. The third kappa shape index (κ3) is 3.40. The van der Waals surface area contributed by atoms with Crippen LogP contribution < -0.4 is 5.32 Å². The summed E-state index contributed by atoms with van der Waals surface area (Å²) >= 11 is 0. The molecular formula is C21H23N2OY-. The molecule has 2 aromatic carbocycles. The van der Waals surface area contributed by atoms with E-state index in [1.165, 1.54) is 22.3 Å². The van der Waals surface area contributed by atoms with E-state index in [4.69, 9.17) is 0 Å². The Kier molecular flexibility index (Phi) is 5.80. The van der Waals surface area contributed by atoms with E-state index in [1.807, 2.05) is 37.3 Å². The van der Waals surface area contributed by atoms with Crippen LogP contribution in [-0.2, 0) is 32.7 Å². The number of carbonyl (C=O) groups is 1. The fraction of sp³-hybridized carbons (Fsp3) is 0.238. The summed E-state index contributed by atoms with van der Waals surface area (Å²) < 4.78 is 1.76. The summed E-state index contributed by atoms with van der Waals surface area (Å²) in [6, 6.07) is 9.73. The molecule has 3 nitrogen and oxygen atoms in total. The van der Waals surface area contributed by atoms with Gasteiger partial charge < -0.3 is 9.88 Å². The molecule has 1 aromatic heterocycles. The maximum Gasteiger partial charge on any atom is 0.216 e. The summed E-state index contributed by atoms with van der Waals surface area (Å²) in [7, 11) is 4.11. The molecule has 1 amide bonds. The second-order valence-electron chi connectivity index (χ2n) is 6.54. The van der Waals surface area contributed by atoms with E-state index >= 15 is 0 Å². The predicted octanol–water partition coefficient (Wildman–Crippen LogP) is 5.07. The molecule has 1 N–H and O–H groups in total. The Morgan fingerprint density at radius 1 is 0.920 bits per heavy atom. The number of nitrogens with one attached hydrogen (secondary N) is 1. The number of anilines is 1. The van der Waals surface area contributed by atoms with Crippen LogP contribution in [-0.4, -0.2) is 10.5 Å². The van der Waals surface area contributed by atoms with Crippen LogP contribution in [0, 0.1) is 41.7 Å². The summed E-state index contributed by atoms with van der Waals surface area (Å²) in [6.45, 7) is 10.5. The SMILES string of the molecule is [CH2-]n1c(C(=O)Nc2ccc(C)cc2)cc2c(C)c(C)c(C)c(C)c21.[Y]. The van der Waals surface area contributed by atoms with Gasteiger partial charge in [-0.15, -0.1) is 7.05 Å². The summed E-state index contributed by atoms with van der Waals surface area (Å²) in [6.07, 6.45) is 0. The zero-order chi connectivity index (χ0) is 17.6. The van der Waals surface area contributed by atoms with Gasteiger partial charge in [-0.25, -0.2) is 0 Å². The van der Waals surface area contributed by atoms with Gasteiger partial charge in [0.15, 0.2) is 0 Å². The van der Waals surface area contributed by atoms with Crippen molar-refractivity contribution in [3.63, 3.8) is 0 Å². The summed E-state index contributed by atoms with van der Waals surface area (Å²) in [5, 5.41) is 4.05. The van der Waals surface area contributed by atoms with Gasteiger partial charge in [0.25, 0.3) is 0 Å². The molecule has 1 heterocycles. The van der Waals surface area contributed by atoms with Gasteiger partial charge in [-0.05, 0) is 52.3 Å². The van der Waals surface area contributed by atoms with Gasteiger partial charge in [0.1, 0.15) is 0 Å². The van der Waals surface area contributed by atoms with E-state index in [0.29, 0.717) is 5.69 Å². The van der Waals surface area contributed by atoms with Gasteiger partial charge in [0.05, 0.1) is 0 Å². The number of fused-ring (bicyclic) bond motifs is 1. The first-order chi connectivity index (χ1) is 11.3. The maximum atomic E-state index is 12.7. The minimum absolute atomic E-state index is 0. The molecule has 1 radical (unpaired) electrons. The van der Waals surface area contributed by atoms with E-state index in [9.17, 15) is 4.79 Å². The molecule has 0 saturated heterocycles. The van der Waals surface area contributed by atoms with Crippen molar-refractivity contribution in [1.82, 2.24) is 4.57 Å². The average Bonchev–Trinajstić information content (AvgIpc) is 2.91. The molecule has 4 heteroatoms. The molecular weight excluding hydrogens is 385 g/mol. The van der Waals surface area contributed by atoms with Gasteiger partial charge >= 0.3 is 0 Å². The molecule has 0 spiro atoms. The molecule has 3 aromatic rings. The number of hydrogen-bond acceptors (Lipinski definition) is 1. The number of amides is 1. The van der Waals surface area contributed by atoms with E-state index in [2.05, 4.69) is 40.1 Å². The minimum atomic E-state index is -0.140. The standard InChI is InChI=1S/C21H23N2O.Y/c1-12-7-9-17(10-8-12)22-21(24)19-11-18-15(4)13(2)14(3)16(5)20(18)23(19)6;/h7-11H,6H2,1-5H3,(H,22,24);/q-1;.